The Morgan fingerprint density at radius 2 is 2.22 bits per heavy atom. The van der Waals surface area contributed by atoms with Gasteiger partial charge in [-0.1, -0.05) is 0 Å². The minimum atomic E-state index is -0.447. The summed E-state index contributed by atoms with van der Waals surface area (Å²) in [6.45, 7) is 13.1. The Labute approximate surface area is 110 Å². The quantitative estimate of drug-likeness (QED) is 0.836. The summed E-state index contributed by atoms with van der Waals surface area (Å²) in [5, 5.41) is 2.85. The van der Waals surface area contributed by atoms with Gasteiger partial charge in [0.2, 0.25) is 0 Å². The maximum Gasteiger partial charge on any atom is 0.407 e. The van der Waals surface area contributed by atoms with Crippen molar-refractivity contribution in [2.45, 2.75) is 52.4 Å². The number of ether oxygens (including phenoxy) is 2. The zero-order valence-electron chi connectivity index (χ0n) is 12.2. The van der Waals surface area contributed by atoms with Crippen LogP contribution in [0, 0.1) is 0 Å². The molecule has 1 amide bonds. The first kappa shape index (κ1) is 15.2. The Balaban J connectivity index is 2.28. The highest BCUT2D eigenvalue weighted by Gasteiger charge is 2.21. The van der Waals surface area contributed by atoms with Crippen molar-refractivity contribution >= 4 is 6.09 Å². The molecule has 5 heteroatoms. The molecule has 1 rings (SSSR count). The van der Waals surface area contributed by atoms with Crippen molar-refractivity contribution in [1.29, 1.82) is 0 Å². The molecule has 1 heterocycles. The lowest BCUT2D eigenvalue weighted by atomic mass is 10.2. The van der Waals surface area contributed by atoms with Crippen LogP contribution in [0.3, 0.4) is 0 Å². The molecule has 5 nitrogen and oxygen atoms in total. The third-order valence-corrected chi connectivity index (χ3v) is 2.62. The van der Waals surface area contributed by atoms with Crippen molar-refractivity contribution in [1.82, 2.24) is 10.2 Å². The van der Waals surface area contributed by atoms with E-state index < -0.39 is 5.60 Å². The molecular formula is C13H26N2O3. The van der Waals surface area contributed by atoms with E-state index in [0.29, 0.717) is 0 Å². The maximum absolute atomic E-state index is 11.6. The average molecular weight is 258 g/mol. The van der Waals surface area contributed by atoms with Crippen molar-refractivity contribution in [2.24, 2.45) is 0 Å². The molecule has 0 aromatic rings. The van der Waals surface area contributed by atoms with Gasteiger partial charge in [0.25, 0.3) is 0 Å². The third-order valence-electron chi connectivity index (χ3n) is 2.62. The number of carbonyl (C=O) groups excluding carboxylic acids is 1. The summed E-state index contributed by atoms with van der Waals surface area (Å²) in [5.41, 5.74) is -0.447. The number of nitrogens with zero attached hydrogens (tertiary/aromatic N) is 1. The second-order valence-corrected chi connectivity index (χ2v) is 5.99. The van der Waals surface area contributed by atoms with Crippen LogP contribution in [-0.2, 0) is 9.47 Å². The molecule has 1 saturated heterocycles. The van der Waals surface area contributed by atoms with Crippen LogP contribution in [0.25, 0.3) is 0 Å². The van der Waals surface area contributed by atoms with E-state index in [1.54, 1.807) is 0 Å². The first-order chi connectivity index (χ1) is 8.26. The van der Waals surface area contributed by atoms with Crippen LogP contribution < -0.4 is 5.32 Å². The van der Waals surface area contributed by atoms with Crippen molar-refractivity contribution < 1.29 is 14.3 Å². The SMILES string of the molecule is CC(CN1CCOC(C)C1)NC(=O)OC(C)(C)C. The van der Waals surface area contributed by atoms with Crippen LogP contribution in [0.5, 0.6) is 0 Å². The lowest BCUT2D eigenvalue weighted by molar-refractivity contribution is -0.0208. The van der Waals surface area contributed by atoms with Gasteiger partial charge in [-0.05, 0) is 34.6 Å². The standard InChI is InChI=1S/C13H26N2O3/c1-10(14-12(16)18-13(3,4)5)8-15-6-7-17-11(2)9-15/h10-11H,6-9H2,1-5H3,(H,14,16). The smallest absolute Gasteiger partial charge is 0.407 e. The molecule has 0 radical (unpaired) electrons. The molecule has 1 aliphatic heterocycles. The van der Waals surface area contributed by atoms with E-state index in [0.717, 1.165) is 26.2 Å². The Morgan fingerprint density at radius 1 is 1.56 bits per heavy atom. The second-order valence-electron chi connectivity index (χ2n) is 5.99. The van der Waals surface area contributed by atoms with Crippen LogP contribution in [0.2, 0.25) is 0 Å². The summed E-state index contributed by atoms with van der Waals surface area (Å²) >= 11 is 0. The zero-order valence-corrected chi connectivity index (χ0v) is 12.2. The first-order valence-corrected chi connectivity index (χ1v) is 6.60. The number of rotatable bonds is 3. The molecule has 18 heavy (non-hydrogen) atoms. The largest absolute Gasteiger partial charge is 0.444 e. The molecular weight excluding hydrogens is 232 g/mol. The van der Waals surface area contributed by atoms with E-state index in [2.05, 4.69) is 17.1 Å². The second kappa shape index (κ2) is 6.38. The van der Waals surface area contributed by atoms with Crippen LogP contribution >= 0.6 is 0 Å². The summed E-state index contributed by atoms with van der Waals surface area (Å²) in [5.74, 6) is 0. The predicted molar refractivity (Wildman–Crippen MR) is 70.7 cm³/mol. The van der Waals surface area contributed by atoms with E-state index in [1.165, 1.54) is 0 Å². The van der Waals surface area contributed by atoms with Gasteiger partial charge in [0.1, 0.15) is 5.60 Å². The fourth-order valence-corrected chi connectivity index (χ4v) is 2.00. The van der Waals surface area contributed by atoms with Gasteiger partial charge in [-0.15, -0.1) is 0 Å². The summed E-state index contributed by atoms with van der Waals surface area (Å²) in [4.78, 5) is 13.9. The van der Waals surface area contributed by atoms with E-state index in [-0.39, 0.29) is 18.2 Å². The van der Waals surface area contributed by atoms with Crippen molar-refractivity contribution in [2.75, 3.05) is 26.2 Å². The van der Waals surface area contributed by atoms with Gasteiger partial charge < -0.3 is 14.8 Å². The molecule has 0 bridgehead atoms. The molecule has 106 valence electrons. The molecule has 0 aromatic heterocycles. The van der Waals surface area contributed by atoms with Gasteiger partial charge in [0, 0.05) is 25.7 Å². The number of hydrogen-bond acceptors (Lipinski definition) is 4. The Bertz CT molecular complexity index is 276. The minimum absolute atomic E-state index is 0.0742. The lowest BCUT2D eigenvalue weighted by Crippen LogP contribution is -2.48. The highest BCUT2D eigenvalue weighted by atomic mass is 16.6. The number of alkyl carbamates (subject to hydrolysis) is 1. The van der Waals surface area contributed by atoms with Gasteiger partial charge in [0.15, 0.2) is 0 Å². The summed E-state index contributed by atoms with van der Waals surface area (Å²) in [6, 6.07) is 0.0742. The minimum Gasteiger partial charge on any atom is -0.444 e. The molecule has 2 unspecified atom stereocenters. The lowest BCUT2D eigenvalue weighted by Gasteiger charge is -2.33. The zero-order chi connectivity index (χ0) is 13.8. The number of carbonyl (C=O) groups is 1. The fourth-order valence-electron chi connectivity index (χ4n) is 2.00. The number of morpholine rings is 1. The van der Waals surface area contributed by atoms with E-state index in [4.69, 9.17) is 9.47 Å². The molecule has 1 aliphatic rings. The molecule has 0 saturated carbocycles. The molecule has 1 fully saturated rings. The van der Waals surface area contributed by atoms with Gasteiger partial charge in [-0.2, -0.15) is 0 Å². The monoisotopic (exact) mass is 258 g/mol. The molecule has 0 aromatic carbocycles. The van der Waals surface area contributed by atoms with Crippen molar-refractivity contribution in [3.8, 4) is 0 Å². The van der Waals surface area contributed by atoms with Crippen molar-refractivity contribution in [3.05, 3.63) is 0 Å². The van der Waals surface area contributed by atoms with Crippen LogP contribution in [0.1, 0.15) is 34.6 Å². The predicted octanol–water partition coefficient (Wildman–Crippen LogP) is 1.62. The van der Waals surface area contributed by atoms with Gasteiger partial charge >= 0.3 is 6.09 Å². The highest BCUT2D eigenvalue weighted by Crippen LogP contribution is 2.08. The summed E-state index contributed by atoms with van der Waals surface area (Å²) in [7, 11) is 0. The van der Waals surface area contributed by atoms with E-state index in [9.17, 15) is 4.79 Å². The number of hydrogen-bond donors (Lipinski definition) is 1. The Morgan fingerprint density at radius 3 is 2.78 bits per heavy atom. The highest BCUT2D eigenvalue weighted by molar-refractivity contribution is 5.68. The normalized spacial score (nSPS) is 23.5. The summed E-state index contributed by atoms with van der Waals surface area (Å²) in [6.07, 6.45) is -0.0798. The molecule has 2 atom stereocenters. The van der Waals surface area contributed by atoms with Gasteiger partial charge in [0.05, 0.1) is 12.7 Å². The van der Waals surface area contributed by atoms with Gasteiger partial charge in [-0.25, -0.2) is 4.79 Å². The van der Waals surface area contributed by atoms with E-state index >= 15 is 0 Å². The van der Waals surface area contributed by atoms with Crippen LogP contribution in [0.15, 0.2) is 0 Å². The summed E-state index contributed by atoms with van der Waals surface area (Å²) < 4.78 is 10.7. The topological polar surface area (TPSA) is 50.8 Å². The van der Waals surface area contributed by atoms with Crippen LogP contribution in [-0.4, -0.2) is 55.0 Å². The average Bonchev–Trinajstić information content (AvgIpc) is 2.13. The first-order valence-electron chi connectivity index (χ1n) is 6.60. The van der Waals surface area contributed by atoms with Crippen LogP contribution in [0.4, 0.5) is 4.79 Å². The number of amides is 1. The maximum atomic E-state index is 11.6. The van der Waals surface area contributed by atoms with Gasteiger partial charge in [-0.3, -0.25) is 4.90 Å². The van der Waals surface area contributed by atoms with E-state index in [1.807, 2.05) is 27.7 Å². The fraction of sp³-hybridized carbons (Fsp3) is 0.923. The molecule has 1 N–H and O–H groups in total. The molecule has 0 aliphatic carbocycles. The molecule has 0 spiro atoms. The van der Waals surface area contributed by atoms with Crippen molar-refractivity contribution in [3.63, 3.8) is 0 Å². The Kier molecular flexibility index (Phi) is 5.41. The Hall–Kier alpha value is -0.810. The third kappa shape index (κ3) is 6.21. The number of nitrogens with one attached hydrogen (secondary N) is 1.